The molecule has 1 aromatic heterocycles. The van der Waals surface area contributed by atoms with Crippen molar-refractivity contribution in [2.75, 3.05) is 0 Å². The lowest BCUT2D eigenvalue weighted by Gasteiger charge is -2.13. The van der Waals surface area contributed by atoms with Crippen LogP contribution in [-0.2, 0) is 0 Å². The van der Waals surface area contributed by atoms with Crippen molar-refractivity contribution in [3.8, 4) is 11.1 Å². The molecule has 0 bridgehead atoms. The zero-order valence-electron chi connectivity index (χ0n) is 13.8. The summed E-state index contributed by atoms with van der Waals surface area (Å²) < 4.78 is 0. The van der Waals surface area contributed by atoms with Crippen molar-refractivity contribution in [1.29, 1.82) is 0 Å². The van der Waals surface area contributed by atoms with Gasteiger partial charge in [-0.1, -0.05) is 67.8 Å². The Morgan fingerprint density at radius 3 is 2.12 bits per heavy atom. The molecule has 0 amide bonds. The van der Waals surface area contributed by atoms with Crippen molar-refractivity contribution in [2.45, 2.75) is 0 Å². The van der Waals surface area contributed by atoms with Gasteiger partial charge >= 0.3 is 0 Å². The normalized spacial score (nSPS) is 11.5. The summed E-state index contributed by atoms with van der Waals surface area (Å²) in [7, 11) is 0. The summed E-state index contributed by atoms with van der Waals surface area (Å²) in [4.78, 5) is 3.60. The van der Waals surface area contributed by atoms with Crippen LogP contribution in [0.4, 0.5) is 0 Å². The van der Waals surface area contributed by atoms with Crippen molar-refractivity contribution >= 4 is 44.7 Å². The van der Waals surface area contributed by atoms with Crippen LogP contribution < -0.4 is 0 Å². The Labute approximate surface area is 146 Å². The molecule has 1 heterocycles. The monoisotopic (exact) mass is 319 g/mol. The second kappa shape index (κ2) is 5.09. The van der Waals surface area contributed by atoms with Crippen molar-refractivity contribution in [2.24, 2.45) is 0 Å². The third kappa shape index (κ3) is 1.84. The fraction of sp³-hybridized carbons (Fsp3) is 0. The van der Waals surface area contributed by atoms with E-state index in [1.807, 2.05) is 18.2 Å². The van der Waals surface area contributed by atoms with Gasteiger partial charge in [0.1, 0.15) is 0 Å². The van der Waals surface area contributed by atoms with Gasteiger partial charge in [-0.25, -0.2) is 0 Å². The molecule has 1 heteroatoms. The van der Waals surface area contributed by atoms with Crippen molar-refractivity contribution < 1.29 is 0 Å². The first kappa shape index (κ1) is 14.1. The molecule has 1 nitrogen and oxygen atoms in total. The average Bonchev–Trinajstić information content (AvgIpc) is 3.05. The Bertz CT molecular complexity index is 1260. The molecule has 0 atom stereocenters. The van der Waals surface area contributed by atoms with E-state index in [0.717, 1.165) is 11.1 Å². The van der Waals surface area contributed by atoms with Crippen LogP contribution in [0.15, 0.2) is 73.8 Å². The lowest BCUT2D eigenvalue weighted by molar-refractivity contribution is 1.55. The van der Waals surface area contributed by atoms with E-state index in [1.54, 1.807) is 0 Å². The number of aromatic nitrogens is 1. The molecule has 1 N–H and O–H groups in total. The molecule has 5 rings (SSSR count). The SMILES string of the molecule is C=Cc1c(C=C)c2cc(-c3ccccc3)cc3[nH]c4cccc1c4c32. The average molecular weight is 319 g/mol. The Hall–Kier alpha value is -3.32. The minimum atomic E-state index is 1.15. The van der Waals surface area contributed by atoms with Gasteiger partial charge in [0.15, 0.2) is 0 Å². The number of H-pyrrole nitrogens is 1. The summed E-state index contributed by atoms with van der Waals surface area (Å²) in [5.74, 6) is 0. The highest BCUT2D eigenvalue weighted by atomic mass is 14.7. The van der Waals surface area contributed by atoms with Crippen LogP contribution in [-0.4, -0.2) is 4.98 Å². The predicted octanol–water partition coefficient (Wildman–Crippen LogP) is 6.87. The maximum Gasteiger partial charge on any atom is 0.0477 e. The minimum Gasteiger partial charge on any atom is -0.354 e. The van der Waals surface area contributed by atoms with Gasteiger partial charge in [-0.3, -0.25) is 0 Å². The third-order valence-corrected chi connectivity index (χ3v) is 5.11. The van der Waals surface area contributed by atoms with Gasteiger partial charge in [0.2, 0.25) is 0 Å². The van der Waals surface area contributed by atoms with E-state index < -0.39 is 0 Å². The lowest BCUT2D eigenvalue weighted by Crippen LogP contribution is -1.89. The minimum absolute atomic E-state index is 1.15. The molecule has 0 fully saturated rings. The van der Waals surface area contributed by atoms with Gasteiger partial charge in [0.25, 0.3) is 0 Å². The Kier molecular flexibility index (Phi) is 2.86. The molecule has 5 aromatic rings. The molecular formula is C24H17N. The summed E-state index contributed by atoms with van der Waals surface area (Å²) in [5, 5.41) is 5.03. The van der Waals surface area contributed by atoms with E-state index in [9.17, 15) is 0 Å². The second-order valence-corrected chi connectivity index (χ2v) is 6.40. The smallest absolute Gasteiger partial charge is 0.0477 e. The van der Waals surface area contributed by atoms with Crippen LogP contribution in [0.3, 0.4) is 0 Å². The van der Waals surface area contributed by atoms with Crippen LogP contribution in [0.1, 0.15) is 11.1 Å². The molecule has 118 valence electrons. The summed E-state index contributed by atoms with van der Waals surface area (Å²) in [6.45, 7) is 8.13. The van der Waals surface area contributed by atoms with Crippen LogP contribution in [0, 0.1) is 0 Å². The second-order valence-electron chi connectivity index (χ2n) is 6.40. The summed E-state index contributed by atoms with van der Waals surface area (Å²) in [5.41, 5.74) is 7.06. The lowest BCUT2D eigenvalue weighted by atomic mass is 9.89. The van der Waals surface area contributed by atoms with E-state index >= 15 is 0 Å². The van der Waals surface area contributed by atoms with Crippen LogP contribution in [0.25, 0.3) is 55.9 Å². The number of hydrogen-bond donors (Lipinski definition) is 1. The maximum atomic E-state index is 4.08. The summed E-state index contributed by atoms with van der Waals surface area (Å²) >= 11 is 0. The number of nitrogens with one attached hydrogen (secondary N) is 1. The van der Waals surface area contributed by atoms with E-state index in [0.29, 0.717) is 0 Å². The first-order valence-electron chi connectivity index (χ1n) is 8.45. The molecule has 0 aliphatic rings. The van der Waals surface area contributed by atoms with Crippen LogP contribution in [0.5, 0.6) is 0 Å². The Balaban J connectivity index is 2.04. The standard InChI is InChI=1S/C24H17N/c1-3-17-18(4-2)20-13-16(15-9-6-5-7-10-15)14-22-24(20)23-19(17)11-8-12-21(23)25-22/h3-14,25H,1-2H2. The summed E-state index contributed by atoms with van der Waals surface area (Å²) in [6, 6.07) is 21.4. The number of hydrogen-bond acceptors (Lipinski definition) is 0. The van der Waals surface area contributed by atoms with E-state index in [1.165, 1.54) is 43.7 Å². The third-order valence-electron chi connectivity index (χ3n) is 5.11. The fourth-order valence-corrected chi connectivity index (χ4v) is 4.05. The molecular weight excluding hydrogens is 302 g/mol. The predicted molar refractivity (Wildman–Crippen MR) is 110 cm³/mol. The van der Waals surface area contributed by atoms with E-state index in [-0.39, 0.29) is 0 Å². The van der Waals surface area contributed by atoms with E-state index in [2.05, 4.69) is 72.7 Å². The zero-order chi connectivity index (χ0) is 17.0. The maximum absolute atomic E-state index is 4.08. The quantitative estimate of drug-likeness (QED) is 0.349. The largest absolute Gasteiger partial charge is 0.354 e. The topological polar surface area (TPSA) is 15.8 Å². The highest BCUT2D eigenvalue weighted by Gasteiger charge is 2.17. The highest BCUT2D eigenvalue weighted by Crippen LogP contribution is 2.42. The first-order chi connectivity index (χ1) is 12.3. The molecule has 25 heavy (non-hydrogen) atoms. The number of rotatable bonds is 3. The van der Waals surface area contributed by atoms with Gasteiger partial charge in [0.05, 0.1) is 0 Å². The molecule has 0 spiro atoms. The summed E-state index contributed by atoms with van der Waals surface area (Å²) in [6.07, 6.45) is 3.90. The fourth-order valence-electron chi connectivity index (χ4n) is 4.05. The van der Waals surface area contributed by atoms with Crippen molar-refractivity contribution in [3.05, 3.63) is 84.9 Å². The molecule has 4 aromatic carbocycles. The van der Waals surface area contributed by atoms with E-state index in [4.69, 9.17) is 0 Å². The van der Waals surface area contributed by atoms with Gasteiger partial charge in [-0.15, -0.1) is 0 Å². The molecule has 0 aliphatic carbocycles. The number of benzene rings is 4. The van der Waals surface area contributed by atoms with Crippen molar-refractivity contribution in [1.82, 2.24) is 4.98 Å². The molecule has 0 unspecified atom stereocenters. The van der Waals surface area contributed by atoms with Gasteiger partial charge in [0, 0.05) is 21.8 Å². The van der Waals surface area contributed by atoms with Gasteiger partial charge < -0.3 is 4.98 Å². The molecule has 0 saturated heterocycles. The molecule has 0 radical (unpaired) electrons. The van der Waals surface area contributed by atoms with Crippen molar-refractivity contribution in [3.63, 3.8) is 0 Å². The Morgan fingerprint density at radius 2 is 1.36 bits per heavy atom. The van der Waals surface area contributed by atoms with Crippen LogP contribution >= 0.6 is 0 Å². The first-order valence-corrected chi connectivity index (χ1v) is 8.45. The van der Waals surface area contributed by atoms with Crippen LogP contribution in [0.2, 0.25) is 0 Å². The molecule has 0 aliphatic heterocycles. The van der Waals surface area contributed by atoms with Gasteiger partial charge in [-0.2, -0.15) is 0 Å². The molecule has 0 saturated carbocycles. The zero-order valence-corrected chi connectivity index (χ0v) is 13.8. The Morgan fingerprint density at radius 1 is 0.640 bits per heavy atom. The number of aromatic amines is 1. The van der Waals surface area contributed by atoms with Gasteiger partial charge in [-0.05, 0) is 51.2 Å². The highest BCUT2D eigenvalue weighted by molar-refractivity contribution is 6.27.